The van der Waals surface area contributed by atoms with Crippen LogP contribution in [0.3, 0.4) is 0 Å². The lowest BCUT2D eigenvalue weighted by Crippen LogP contribution is -0.482. The van der Waals surface area contributed by atoms with Crippen LogP contribution in [0.5, 0.6) is 0 Å². The van der Waals surface area contributed by atoms with E-state index in [9.17, 15) is 0 Å². The molecule has 24 N–H and O–H groups in total. The smallest absolute Gasteiger partial charge is 0 e. The molecule has 0 fully saturated rings. The summed E-state index contributed by atoms with van der Waals surface area (Å²) in [4.78, 5) is 0. The number of hydrogen-bond donors (Lipinski definition) is 8. The SMILES string of the molecule is C.C.C.C.C.C.N.N.N.N.N.N.N.N.[3HH].[3HH].[3HH].[3HH]. The molecule has 0 aromatic rings. The topological polar surface area (TPSA) is 280 Å². The van der Waals surface area contributed by atoms with Crippen molar-refractivity contribution in [2.75, 3.05) is 0 Å². The van der Waals surface area contributed by atoms with E-state index >= 15 is 0 Å². The second-order valence-corrected chi connectivity index (χ2v) is 0. The molecular formula is C6H56N8. The van der Waals surface area contributed by atoms with Crippen molar-refractivity contribution >= 4 is 0 Å². The van der Waals surface area contributed by atoms with Crippen LogP contribution >= 0.6 is 0 Å². The third kappa shape index (κ3) is 13000. The molecule has 0 saturated carbocycles. The van der Waals surface area contributed by atoms with Crippen LogP contribution < -0.4 is 49.2 Å². The van der Waals surface area contributed by atoms with Gasteiger partial charge in [0.25, 0.3) is 0 Å². The molecule has 8 heteroatoms. The van der Waals surface area contributed by atoms with E-state index in [0.717, 1.165) is 0 Å². The van der Waals surface area contributed by atoms with Gasteiger partial charge in [0.2, 0.25) is 0 Å². The van der Waals surface area contributed by atoms with Crippen LogP contribution in [0.4, 0.5) is 0 Å². The fourth-order valence-electron chi connectivity index (χ4n) is 0. The summed E-state index contributed by atoms with van der Waals surface area (Å²) in [6.07, 6.45) is 0. The van der Waals surface area contributed by atoms with E-state index in [1.54, 1.807) is 0 Å². The highest BCUT2D eigenvalue weighted by Crippen LogP contribution is 0.149. The molecule has 8 nitrogen and oxygen atoms in total. The molecule has 0 spiro atoms. The molecule has 0 bridgehead atoms. The minimum atomic E-state index is 0. The Kier molecular flexibility index (Phi) is 25900000. The molecule has 0 radical (unpaired) electrons. The average Bonchev–Trinajstić information content (AvgIpc) is 0. The number of hydrogen-bond acceptors (Lipinski definition) is 8. The molecule has 0 aliphatic rings. The Balaban J connectivity index is 0. The predicted molar refractivity (Wildman–Crippen MR) is 89.0 cm³/mol. The lowest BCUT2D eigenvalue weighted by atomic mass is 12.0. The van der Waals surface area contributed by atoms with Crippen molar-refractivity contribution in [3.8, 4) is 0 Å². The first-order valence-corrected chi connectivity index (χ1v) is 0. The molecule has 0 amide bonds. The van der Waals surface area contributed by atoms with Crippen molar-refractivity contribution in [1.82, 2.24) is 49.2 Å². The van der Waals surface area contributed by atoms with E-state index < -0.39 is 0 Å². The zero-order valence-corrected chi connectivity index (χ0v) is 5.66. The van der Waals surface area contributed by atoms with Crippen molar-refractivity contribution < 1.29 is 5.71 Å². The Morgan fingerprint density at radius 2 is 0.214 bits per heavy atom. The quantitative estimate of drug-likeness (QED) is 0.247. The normalized spacial score (nSPS) is 0. The summed E-state index contributed by atoms with van der Waals surface area (Å²) in [5.41, 5.74) is 0. The Bertz CT molecular complexity index is 27.5. The van der Waals surface area contributed by atoms with Crippen molar-refractivity contribution in [3.63, 3.8) is 0 Å². The standard InChI is InChI=1S/6CH4.8H3N.4H2/h6*1H4;8*1H3;4*1H/i;;;;;;;;;;;;;;4*1+2. The lowest BCUT2D eigenvalue weighted by Gasteiger charge is -0.345. The minimum Gasteiger partial charge on any atom is -0.344 e. The van der Waals surface area contributed by atoms with E-state index in [-0.39, 0.29) is 99.5 Å². The molecule has 0 aromatic carbocycles. The highest BCUT2D eigenvalue weighted by molar-refractivity contribution is 2.51. The van der Waals surface area contributed by atoms with Gasteiger partial charge in [-0.3, -0.25) is 0 Å². The van der Waals surface area contributed by atoms with E-state index in [0.29, 0.717) is 0 Å². The van der Waals surface area contributed by atoms with Crippen LogP contribution in [-0.4, -0.2) is 0 Å². The fourth-order valence-corrected chi connectivity index (χ4v) is 0. The molecule has 120 valence electrons. The van der Waals surface area contributed by atoms with Crippen molar-refractivity contribution in [1.29, 1.82) is 0 Å². The van der Waals surface area contributed by atoms with Crippen LogP contribution in [0.1, 0.15) is 50.3 Å². The second-order valence-electron chi connectivity index (χ2n) is 0. The molecule has 0 aliphatic heterocycles. The summed E-state index contributed by atoms with van der Waals surface area (Å²) in [5.74, 6) is 0. The average molecular weight is 249 g/mol. The number of rotatable bonds is 0. The maximum absolute atomic E-state index is 0. The van der Waals surface area contributed by atoms with Crippen molar-refractivity contribution in [2.45, 2.75) is 44.6 Å². The Labute approximate surface area is 101 Å². The third-order valence-corrected chi connectivity index (χ3v) is 0. The van der Waals surface area contributed by atoms with Gasteiger partial charge in [-0.05, 0) is 0 Å². The van der Waals surface area contributed by atoms with Crippen LogP contribution in [0.25, 0.3) is 0 Å². The van der Waals surface area contributed by atoms with Gasteiger partial charge in [0.05, 0.1) is 0 Å². The second kappa shape index (κ2) is 16900. The summed E-state index contributed by atoms with van der Waals surface area (Å²) in [7, 11) is 0. The molecule has 0 unspecified atom stereocenters. The Hall–Kier alpha value is -0.320. The summed E-state index contributed by atoms with van der Waals surface area (Å²) < 4.78 is 0. The Morgan fingerprint density at radius 1 is 0.214 bits per heavy atom. The van der Waals surface area contributed by atoms with Crippen LogP contribution in [0.2, 0.25) is 0 Å². The molecule has 14 heavy (non-hydrogen) atoms. The highest BCUT2D eigenvalue weighted by Gasteiger charge is -0.0724. The molecule has 0 atom stereocenters. The largest absolute Gasteiger partial charge is 0.344 e. The van der Waals surface area contributed by atoms with Gasteiger partial charge in [-0.15, -0.1) is 0 Å². The van der Waals surface area contributed by atoms with E-state index in [1.807, 2.05) is 0 Å². The third-order valence-electron chi connectivity index (χ3n) is 0. The summed E-state index contributed by atoms with van der Waals surface area (Å²) in [6.45, 7) is 0. The first-order chi connectivity index (χ1) is 0. The van der Waals surface area contributed by atoms with Crippen LogP contribution in [0, 0.1) is 0 Å². The van der Waals surface area contributed by atoms with Crippen LogP contribution in [-0.2, 0) is 0 Å². The van der Waals surface area contributed by atoms with Gasteiger partial charge >= 0.3 is 0 Å². The zero-order valence-electron chi connectivity index (χ0n) is 5.66. The maximum atomic E-state index is 0. The van der Waals surface area contributed by atoms with Gasteiger partial charge in [-0.1, -0.05) is 44.6 Å². The summed E-state index contributed by atoms with van der Waals surface area (Å²) >= 11 is 0. The minimum absolute atomic E-state index is 0. The molecule has 0 aromatic heterocycles. The molecule has 0 heterocycles. The van der Waals surface area contributed by atoms with Gasteiger partial charge in [-0.2, -0.15) is 0 Å². The van der Waals surface area contributed by atoms with Gasteiger partial charge in [0, 0.05) is 5.71 Å². The molecular weight excluding hydrogens is 184 g/mol. The summed E-state index contributed by atoms with van der Waals surface area (Å²) in [5, 5.41) is 0. The summed E-state index contributed by atoms with van der Waals surface area (Å²) in [6, 6.07) is 0. The van der Waals surface area contributed by atoms with Crippen molar-refractivity contribution in [2.24, 2.45) is 0 Å². The fraction of sp³-hybridized carbons (Fsp3) is 1.00. The maximum Gasteiger partial charge on any atom is 0 e. The van der Waals surface area contributed by atoms with Gasteiger partial charge < -0.3 is 49.2 Å². The van der Waals surface area contributed by atoms with E-state index in [2.05, 4.69) is 0 Å². The lowest BCUT2D eigenvalue weighted by molar-refractivity contribution is 2.13. The van der Waals surface area contributed by atoms with Crippen LogP contribution in [0.15, 0.2) is 0 Å². The molecule has 0 aliphatic carbocycles. The molecule has 0 rings (SSSR count). The molecule has 0 saturated heterocycles. The van der Waals surface area contributed by atoms with E-state index in [4.69, 9.17) is 0 Å². The highest BCUT2D eigenvalue weighted by atomic mass is 14.0. The van der Waals surface area contributed by atoms with Gasteiger partial charge in [-0.25, -0.2) is 0 Å². The Morgan fingerprint density at radius 3 is 0.214 bits per heavy atom. The monoisotopic (exact) mass is 248 g/mol. The predicted octanol–water partition coefficient (Wildman–Crippen LogP) is 6.10. The van der Waals surface area contributed by atoms with E-state index in [1.165, 1.54) is 0 Å². The first kappa shape index (κ1) is 21500. The van der Waals surface area contributed by atoms with Gasteiger partial charge in [0.15, 0.2) is 0 Å². The van der Waals surface area contributed by atoms with Crippen molar-refractivity contribution in [3.05, 3.63) is 0 Å². The van der Waals surface area contributed by atoms with Gasteiger partial charge in [0.1, 0.15) is 0 Å². The first-order valence-electron chi connectivity index (χ1n) is 0. The zero-order chi connectivity index (χ0) is 0.